The first-order chi connectivity index (χ1) is 9.63. The van der Waals surface area contributed by atoms with E-state index in [0.717, 1.165) is 16.7 Å². The van der Waals surface area contributed by atoms with Crippen LogP contribution >= 0.6 is 15.9 Å². The number of aromatic nitrogens is 2. The number of hydrogen-bond acceptors (Lipinski definition) is 3. The van der Waals surface area contributed by atoms with Crippen LogP contribution in [-0.4, -0.2) is 28.3 Å². The zero-order valence-corrected chi connectivity index (χ0v) is 12.8. The quantitative estimate of drug-likeness (QED) is 0.850. The molecule has 0 aliphatic heterocycles. The number of nitrogens with zero attached hydrogens (tertiary/aromatic N) is 2. The zero-order chi connectivity index (χ0) is 14.4. The molecular formula is C14H17BrN4O. The van der Waals surface area contributed by atoms with Gasteiger partial charge in [-0.05, 0) is 31.2 Å². The lowest BCUT2D eigenvalue weighted by molar-refractivity contribution is -0.115. The molecule has 2 rings (SSSR count). The van der Waals surface area contributed by atoms with Crippen LogP contribution in [0.2, 0.25) is 0 Å². The number of benzene rings is 1. The second-order valence-electron chi connectivity index (χ2n) is 4.57. The number of amides is 1. The summed E-state index contributed by atoms with van der Waals surface area (Å²) in [5, 5.41) is 10.1. The monoisotopic (exact) mass is 336 g/mol. The van der Waals surface area contributed by atoms with Gasteiger partial charge in [-0.15, -0.1) is 0 Å². The molecule has 0 unspecified atom stereocenters. The van der Waals surface area contributed by atoms with Crippen LogP contribution in [0, 0.1) is 0 Å². The van der Waals surface area contributed by atoms with Crippen molar-refractivity contribution in [2.45, 2.75) is 19.5 Å². The van der Waals surface area contributed by atoms with E-state index >= 15 is 0 Å². The standard InChI is InChI=1S/C14H17BrN4O/c1-11(10-19-7-3-6-17-19)16-9-14(20)18-13-5-2-4-12(15)8-13/h2-8,11,16H,9-10H2,1H3,(H,18,20)/t11-/m1/s1. The molecule has 5 nitrogen and oxygen atoms in total. The molecule has 6 heteroatoms. The number of rotatable bonds is 6. The maximum atomic E-state index is 11.8. The summed E-state index contributed by atoms with van der Waals surface area (Å²) in [6.45, 7) is 3.03. The van der Waals surface area contributed by atoms with Gasteiger partial charge in [0.1, 0.15) is 0 Å². The summed E-state index contributed by atoms with van der Waals surface area (Å²) in [5.41, 5.74) is 0.783. The van der Waals surface area contributed by atoms with E-state index in [1.165, 1.54) is 0 Å². The fourth-order valence-corrected chi connectivity index (χ4v) is 2.19. The van der Waals surface area contributed by atoms with E-state index in [2.05, 4.69) is 31.7 Å². The van der Waals surface area contributed by atoms with Crippen molar-refractivity contribution >= 4 is 27.5 Å². The number of carbonyl (C=O) groups excluding carboxylic acids is 1. The van der Waals surface area contributed by atoms with E-state index in [1.54, 1.807) is 6.20 Å². The van der Waals surface area contributed by atoms with Crippen molar-refractivity contribution in [3.05, 3.63) is 47.2 Å². The lowest BCUT2D eigenvalue weighted by Crippen LogP contribution is -2.36. The fourth-order valence-electron chi connectivity index (χ4n) is 1.79. The zero-order valence-electron chi connectivity index (χ0n) is 11.2. The van der Waals surface area contributed by atoms with Gasteiger partial charge in [0, 0.05) is 28.6 Å². The first-order valence-corrected chi connectivity index (χ1v) is 7.19. The Morgan fingerprint density at radius 1 is 1.45 bits per heavy atom. The lowest BCUT2D eigenvalue weighted by atomic mass is 10.3. The number of hydrogen-bond donors (Lipinski definition) is 2. The predicted octanol–water partition coefficient (Wildman–Crippen LogP) is 2.26. The van der Waals surface area contributed by atoms with E-state index in [0.29, 0.717) is 0 Å². The van der Waals surface area contributed by atoms with Crippen LogP contribution < -0.4 is 10.6 Å². The van der Waals surface area contributed by atoms with Crippen LogP contribution in [0.5, 0.6) is 0 Å². The van der Waals surface area contributed by atoms with Gasteiger partial charge in [0.05, 0.1) is 13.1 Å². The Kier molecular flexibility index (Phi) is 5.31. The normalized spacial score (nSPS) is 12.1. The van der Waals surface area contributed by atoms with Crippen LogP contribution in [-0.2, 0) is 11.3 Å². The Morgan fingerprint density at radius 2 is 2.30 bits per heavy atom. The van der Waals surface area contributed by atoms with Crippen molar-refractivity contribution in [1.29, 1.82) is 0 Å². The molecule has 0 aliphatic carbocycles. The van der Waals surface area contributed by atoms with Gasteiger partial charge in [-0.25, -0.2) is 0 Å². The summed E-state index contributed by atoms with van der Waals surface area (Å²) in [4.78, 5) is 11.8. The largest absolute Gasteiger partial charge is 0.325 e. The van der Waals surface area contributed by atoms with Crippen molar-refractivity contribution in [3.8, 4) is 0 Å². The first kappa shape index (κ1) is 14.7. The average molecular weight is 337 g/mol. The highest BCUT2D eigenvalue weighted by Crippen LogP contribution is 2.15. The Hall–Kier alpha value is -1.66. The fraction of sp³-hybridized carbons (Fsp3) is 0.286. The number of anilines is 1. The average Bonchev–Trinajstić information content (AvgIpc) is 2.89. The smallest absolute Gasteiger partial charge is 0.238 e. The maximum absolute atomic E-state index is 11.8. The van der Waals surface area contributed by atoms with E-state index in [1.807, 2.05) is 48.1 Å². The number of halogens is 1. The molecule has 0 saturated carbocycles. The minimum Gasteiger partial charge on any atom is -0.325 e. The molecule has 0 saturated heterocycles. The summed E-state index contributed by atoms with van der Waals surface area (Å²) in [5.74, 6) is -0.0598. The molecule has 1 heterocycles. The van der Waals surface area contributed by atoms with Crippen molar-refractivity contribution in [3.63, 3.8) is 0 Å². The molecule has 106 valence electrons. The molecule has 0 fully saturated rings. The highest BCUT2D eigenvalue weighted by molar-refractivity contribution is 9.10. The summed E-state index contributed by atoms with van der Waals surface area (Å²) in [6, 6.07) is 9.57. The van der Waals surface area contributed by atoms with Crippen molar-refractivity contribution < 1.29 is 4.79 Å². The van der Waals surface area contributed by atoms with Crippen LogP contribution in [0.4, 0.5) is 5.69 Å². The topological polar surface area (TPSA) is 59.0 Å². The minimum absolute atomic E-state index is 0.0598. The van der Waals surface area contributed by atoms with Gasteiger partial charge in [-0.2, -0.15) is 5.10 Å². The Balaban J connectivity index is 1.74. The van der Waals surface area contributed by atoms with Crippen LogP contribution in [0.15, 0.2) is 47.2 Å². The van der Waals surface area contributed by atoms with E-state index in [-0.39, 0.29) is 18.5 Å². The second-order valence-corrected chi connectivity index (χ2v) is 5.48. The van der Waals surface area contributed by atoms with Gasteiger partial charge in [0.15, 0.2) is 0 Å². The minimum atomic E-state index is -0.0598. The number of nitrogens with one attached hydrogen (secondary N) is 2. The summed E-state index contributed by atoms with van der Waals surface area (Å²) < 4.78 is 2.78. The first-order valence-electron chi connectivity index (χ1n) is 6.40. The molecule has 0 bridgehead atoms. The van der Waals surface area contributed by atoms with Gasteiger partial charge in [-0.3, -0.25) is 9.48 Å². The molecular weight excluding hydrogens is 320 g/mol. The van der Waals surface area contributed by atoms with Gasteiger partial charge in [-0.1, -0.05) is 22.0 Å². The third-order valence-electron chi connectivity index (χ3n) is 2.74. The van der Waals surface area contributed by atoms with Crippen LogP contribution in [0.3, 0.4) is 0 Å². The number of carbonyl (C=O) groups is 1. The Morgan fingerprint density at radius 3 is 3.00 bits per heavy atom. The maximum Gasteiger partial charge on any atom is 0.238 e. The Bertz CT molecular complexity index is 556. The molecule has 2 aromatic rings. The van der Waals surface area contributed by atoms with Crippen molar-refractivity contribution in [2.75, 3.05) is 11.9 Å². The molecule has 1 aromatic carbocycles. The van der Waals surface area contributed by atoms with Crippen molar-refractivity contribution in [1.82, 2.24) is 15.1 Å². The lowest BCUT2D eigenvalue weighted by Gasteiger charge is -2.13. The van der Waals surface area contributed by atoms with E-state index < -0.39 is 0 Å². The predicted molar refractivity (Wildman–Crippen MR) is 82.5 cm³/mol. The summed E-state index contributed by atoms with van der Waals surface area (Å²) >= 11 is 3.37. The van der Waals surface area contributed by atoms with E-state index in [4.69, 9.17) is 0 Å². The third-order valence-corrected chi connectivity index (χ3v) is 3.23. The molecule has 0 radical (unpaired) electrons. The third kappa shape index (κ3) is 4.79. The van der Waals surface area contributed by atoms with Gasteiger partial charge < -0.3 is 10.6 Å². The van der Waals surface area contributed by atoms with Gasteiger partial charge in [0.2, 0.25) is 5.91 Å². The highest BCUT2D eigenvalue weighted by Gasteiger charge is 2.07. The SMILES string of the molecule is C[C@H](Cn1cccn1)NCC(=O)Nc1cccc(Br)c1. The van der Waals surface area contributed by atoms with Gasteiger partial charge in [0.25, 0.3) is 0 Å². The molecule has 20 heavy (non-hydrogen) atoms. The molecule has 0 aliphatic rings. The van der Waals surface area contributed by atoms with Crippen molar-refractivity contribution in [2.24, 2.45) is 0 Å². The molecule has 2 N–H and O–H groups in total. The van der Waals surface area contributed by atoms with Gasteiger partial charge >= 0.3 is 0 Å². The summed E-state index contributed by atoms with van der Waals surface area (Å²) in [7, 11) is 0. The van der Waals surface area contributed by atoms with Crippen LogP contribution in [0.1, 0.15) is 6.92 Å². The Labute approximate surface area is 126 Å². The molecule has 1 atom stereocenters. The highest BCUT2D eigenvalue weighted by atomic mass is 79.9. The van der Waals surface area contributed by atoms with E-state index in [9.17, 15) is 4.79 Å². The second kappa shape index (κ2) is 7.21. The molecule has 1 amide bonds. The van der Waals surface area contributed by atoms with Crippen LogP contribution in [0.25, 0.3) is 0 Å². The summed E-state index contributed by atoms with van der Waals surface area (Å²) in [6.07, 6.45) is 3.65. The molecule has 0 spiro atoms. The molecule has 1 aromatic heterocycles.